The number of nitrogens with zero attached hydrogens (tertiary/aromatic N) is 2. The molecule has 2 aliphatic rings. The number of hydrogen-bond acceptors (Lipinski definition) is 5. The van der Waals surface area contributed by atoms with Crippen molar-refractivity contribution in [1.29, 1.82) is 0 Å². The number of β-amino-alcohol motifs (C(OH)–C–C–N with tert-alkyl or cyclic N) is 1. The lowest BCUT2D eigenvalue weighted by Gasteiger charge is -2.35. The molecule has 7 nitrogen and oxygen atoms in total. The first-order valence-electron chi connectivity index (χ1n) is 11.6. The third-order valence-corrected chi connectivity index (χ3v) is 7.29. The van der Waals surface area contributed by atoms with E-state index in [1.807, 2.05) is 13.0 Å². The Labute approximate surface area is 211 Å². The summed E-state index contributed by atoms with van der Waals surface area (Å²) in [7, 11) is 0. The molecule has 0 radical (unpaired) electrons. The summed E-state index contributed by atoms with van der Waals surface area (Å²) in [5.74, 6) is -1.27. The highest BCUT2D eigenvalue weighted by Crippen LogP contribution is 2.52. The molecule has 2 atom stereocenters. The fourth-order valence-corrected chi connectivity index (χ4v) is 5.65. The summed E-state index contributed by atoms with van der Waals surface area (Å²) in [6, 6.07) is 20.6. The fourth-order valence-electron chi connectivity index (χ4n) is 5.48. The van der Waals surface area contributed by atoms with E-state index in [2.05, 4.69) is 0 Å². The molecular formula is C28H21ClN2O5. The minimum atomic E-state index is -1.77. The lowest BCUT2D eigenvalue weighted by molar-refractivity contribution is -0.126. The second-order valence-electron chi connectivity index (χ2n) is 8.90. The highest BCUT2D eigenvalue weighted by molar-refractivity contribution is 6.31. The summed E-state index contributed by atoms with van der Waals surface area (Å²) in [4.78, 5) is 45.0. The molecular weight excluding hydrogens is 480 g/mol. The lowest BCUT2D eigenvalue weighted by Crippen LogP contribution is -2.54. The van der Waals surface area contributed by atoms with Crippen LogP contribution in [0.1, 0.15) is 40.3 Å². The Morgan fingerprint density at radius 1 is 1.00 bits per heavy atom. The van der Waals surface area contributed by atoms with Crippen molar-refractivity contribution in [3.63, 3.8) is 0 Å². The van der Waals surface area contributed by atoms with Crippen LogP contribution in [0.2, 0.25) is 5.02 Å². The van der Waals surface area contributed by atoms with Crippen LogP contribution in [0.5, 0.6) is 0 Å². The first-order chi connectivity index (χ1) is 17.4. The molecule has 3 heterocycles. The van der Waals surface area contributed by atoms with Crippen molar-refractivity contribution in [3.05, 3.63) is 110 Å². The van der Waals surface area contributed by atoms with E-state index in [4.69, 9.17) is 16.0 Å². The smallest absolute Gasteiger partial charge is 0.291 e. The Morgan fingerprint density at radius 2 is 1.72 bits per heavy atom. The van der Waals surface area contributed by atoms with Gasteiger partial charge in [-0.1, -0.05) is 60.1 Å². The molecule has 1 spiro atoms. The maximum absolute atomic E-state index is 14.3. The molecule has 0 fully saturated rings. The van der Waals surface area contributed by atoms with Crippen molar-refractivity contribution >= 4 is 40.1 Å². The number of carbonyl (C=O) groups excluding carboxylic acids is 2. The Kier molecular flexibility index (Phi) is 5.03. The molecule has 1 N–H and O–H groups in total. The molecule has 180 valence electrons. The normalized spacial score (nSPS) is 19.3. The summed E-state index contributed by atoms with van der Waals surface area (Å²) >= 11 is 6.18. The Bertz CT molecular complexity index is 1620. The van der Waals surface area contributed by atoms with Gasteiger partial charge in [-0.2, -0.15) is 0 Å². The second-order valence-corrected chi connectivity index (χ2v) is 9.33. The number of fused-ring (bicyclic) bond motifs is 5. The van der Waals surface area contributed by atoms with Gasteiger partial charge in [-0.15, -0.1) is 0 Å². The van der Waals surface area contributed by atoms with E-state index in [9.17, 15) is 19.5 Å². The Balaban J connectivity index is 1.67. The molecule has 3 aromatic carbocycles. The third-order valence-electron chi connectivity index (χ3n) is 7.05. The lowest BCUT2D eigenvalue weighted by atomic mass is 9.83. The monoisotopic (exact) mass is 500 g/mol. The summed E-state index contributed by atoms with van der Waals surface area (Å²) in [6.07, 6.45) is -1.10. The molecule has 0 saturated carbocycles. The van der Waals surface area contributed by atoms with Gasteiger partial charge in [-0.3, -0.25) is 14.4 Å². The van der Waals surface area contributed by atoms with Crippen molar-refractivity contribution in [3.8, 4) is 0 Å². The van der Waals surface area contributed by atoms with Crippen LogP contribution < -0.4 is 10.3 Å². The van der Waals surface area contributed by atoms with Gasteiger partial charge in [-0.05, 0) is 36.8 Å². The molecule has 1 aromatic heterocycles. The zero-order valence-corrected chi connectivity index (χ0v) is 20.0. The number of carbonyl (C=O) groups is 2. The number of para-hydroxylation sites is 1. The Morgan fingerprint density at radius 3 is 2.47 bits per heavy atom. The van der Waals surface area contributed by atoms with Crippen LogP contribution in [0, 0.1) is 0 Å². The number of benzene rings is 3. The van der Waals surface area contributed by atoms with Crippen LogP contribution in [0.25, 0.3) is 11.0 Å². The van der Waals surface area contributed by atoms with E-state index in [0.717, 1.165) is 0 Å². The van der Waals surface area contributed by atoms with E-state index in [1.165, 1.54) is 17.0 Å². The highest BCUT2D eigenvalue weighted by atomic mass is 35.5. The van der Waals surface area contributed by atoms with Crippen LogP contribution in [-0.2, 0) is 10.3 Å². The molecule has 0 saturated heterocycles. The molecule has 6 rings (SSSR count). The number of likely N-dealkylation sites (N-methyl/N-ethyl adjacent to an activating group) is 1. The topological polar surface area (TPSA) is 91.1 Å². The van der Waals surface area contributed by atoms with Crippen molar-refractivity contribution < 1.29 is 19.1 Å². The van der Waals surface area contributed by atoms with E-state index in [-0.39, 0.29) is 28.8 Å². The summed E-state index contributed by atoms with van der Waals surface area (Å²) in [5.41, 5.74) is -0.433. The average Bonchev–Trinajstić information content (AvgIpc) is 3.29. The molecule has 2 aliphatic heterocycles. The standard InChI is InChI=1S/C28H21ClN2O5/c1-2-30-20-11-7-6-10-19(20)28(27(30)35)23-24(33)18-14-17(29)12-13-22(18)36-25(23)26(34)31(28)15-21(32)16-8-4-3-5-9-16/h3-14,21,32H,2,15H2,1H3. The maximum atomic E-state index is 14.3. The first-order valence-corrected chi connectivity index (χ1v) is 12.0. The average molecular weight is 501 g/mol. The molecule has 8 heteroatoms. The van der Waals surface area contributed by atoms with Crippen LogP contribution in [0.4, 0.5) is 5.69 Å². The number of aliphatic hydroxyl groups excluding tert-OH is 1. The van der Waals surface area contributed by atoms with Gasteiger partial charge in [-0.25, -0.2) is 0 Å². The molecule has 2 unspecified atom stereocenters. The minimum Gasteiger partial charge on any atom is -0.450 e. The molecule has 4 aromatic rings. The van der Waals surface area contributed by atoms with Crippen LogP contribution in [-0.4, -0.2) is 34.9 Å². The van der Waals surface area contributed by atoms with E-state index in [1.54, 1.807) is 59.5 Å². The fraction of sp³-hybridized carbons (Fsp3) is 0.179. The number of aliphatic hydroxyl groups is 1. The van der Waals surface area contributed by atoms with Gasteiger partial charge >= 0.3 is 0 Å². The predicted molar refractivity (Wildman–Crippen MR) is 135 cm³/mol. The summed E-state index contributed by atoms with van der Waals surface area (Å²) in [5, 5.41) is 11.6. The summed E-state index contributed by atoms with van der Waals surface area (Å²) in [6.45, 7) is 1.94. The van der Waals surface area contributed by atoms with Crippen LogP contribution in [0.3, 0.4) is 0 Å². The molecule has 36 heavy (non-hydrogen) atoms. The van der Waals surface area contributed by atoms with Crippen molar-refractivity contribution in [1.82, 2.24) is 4.90 Å². The number of amides is 2. The number of anilines is 1. The van der Waals surface area contributed by atoms with Gasteiger partial charge in [0.15, 0.2) is 11.0 Å². The largest absolute Gasteiger partial charge is 0.450 e. The van der Waals surface area contributed by atoms with Crippen molar-refractivity contribution in [2.75, 3.05) is 18.0 Å². The van der Waals surface area contributed by atoms with Gasteiger partial charge in [0.2, 0.25) is 5.76 Å². The zero-order valence-electron chi connectivity index (χ0n) is 19.3. The van der Waals surface area contributed by atoms with Crippen molar-refractivity contribution in [2.45, 2.75) is 18.6 Å². The van der Waals surface area contributed by atoms with Crippen LogP contribution in [0.15, 0.2) is 82.0 Å². The summed E-state index contributed by atoms with van der Waals surface area (Å²) < 4.78 is 5.99. The predicted octanol–water partition coefficient (Wildman–Crippen LogP) is 4.25. The quantitative estimate of drug-likeness (QED) is 0.452. The number of rotatable bonds is 4. The minimum absolute atomic E-state index is 0.0454. The van der Waals surface area contributed by atoms with Crippen LogP contribution >= 0.6 is 11.6 Å². The van der Waals surface area contributed by atoms with E-state index >= 15 is 0 Å². The van der Waals surface area contributed by atoms with Gasteiger partial charge in [0.05, 0.1) is 29.3 Å². The van der Waals surface area contributed by atoms with E-state index in [0.29, 0.717) is 28.4 Å². The second kappa shape index (κ2) is 8.05. The number of halogens is 1. The molecule has 0 aliphatic carbocycles. The van der Waals surface area contributed by atoms with Crippen molar-refractivity contribution in [2.24, 2.45) is 0 Å². The van der Waals surface area contributed by atoms with Gasteiger partial charge in [0.25, 0.3) is 11.8 Å². The molecule has 2 amide bonds. The Hall–Kier alpha value is -3.94. The number of hydrogen-bond donors (Lipinski definition) is 1. The van der Waals surface area contributed by atoms with Gasteiger partial charge in [0, 0.05) is 17.1 Å². The highest BCUT2D eigenvalue weighted by Gasteiger charge is 2.65. The van der Waals surface area contributed by atoms with Gasteiger partial charge in [0.1, 0.15) is 5.58 Å². The zero-order chi connectivity index (χ0) is 25.2. The maximum Gasteiger partial charge on any atom is 0.291 e. The SMILES string of the molecule is CCN1C(=O)C2(c3ccccc31)c1c(oc3ccc(Cl)cc3c1=O)C(=O)N2CC(O)c1ccccc1. The third kappa shape index (κ3) is 2.87. The van der Waals surface area contributed by atoms with Gasteiger partial charge < -0.3 is 19.3 Å². The van der Waals surface area contributed by atoms with E-state index < -0.39 is 28.9 Å². The first kappa shape index (κ1) is 22.5. The molecule has 0 bridgehead atoms.